The van der Waals surface area contributed by atoms with E-state index in [1.807, 2.05) is 11.4 Å². The standard InChI is InChI=1S/C10H8F3N3OS/c11-10(12,13)7-4-8(16-9(14)15-7)17-5-6-2-1-3-18-6/h1-4H,5H2,(H2,14,15,16). The number of alkyl halides is 3. The van der Waals surface area contributed by atoms with Gasteiger partial charge in [-0.15, -0.1) is 11.3 Å². The van der Waals surface area contributed by atoms with E-state index in [2.05, 4.69) is 9.97 Å². The Morgan fingerprint density at radius 1 is 1.33 bits per heavy atom. The van der Waals surface area contributed by atoms with Gasteiger partial charge in [0.2, 0.25) is 11.8 Å². The first-order valence-corrected chi connectivity index (χ1v) is 5.70. The summed E-state index contributed by atoms with van der Waals surface area (Å²) in [7, 11) is 0. The van der Waals surface area contributed by atoms with E-state index in [0.29, 0.717) is 0 Å². The van der Waals surface area contributed by atoms with E-state index in [4.69, 9.17) is 10.5 Å². The van der Waals surface area contributed by atoms with Crippen LogP contribution >= 0.6 is 11.3 Å². The largest absolute Gasteiger partial charge is 0.472 e. The molecule has 2 aromatic rings. The Kier molecular flexibility index (Phi) is 3.37. The summed E-state index contributed by atoms with van der Waals surface area (Å²) in [5, 5.41) is 1.84. The van der Waals surface area contributed by atoms with Crippen LogP contribution in [0.1, 0.15) is 10.6 Å². The number of hydrogen-bond donors (Lipinski definition) is 1. The molecular weight excluding hydrogens is 267 g/mol. The minimum Gasteiger partial charge on any atom is -0.472 e. The van der Waals surface area contributed by atoms with Gasteiger partial charge in [-0.3, -0.25) is 0 Å². The average Bonchev–Trinajstić information content (AvgIpc) is 2.77. The molecule has 4 nitrogen and oxygen atoms in total. The van der Waals surface area contributed by atoms with Gasteiger partial charge in [0.25, 0.3) is 0 Å². The van der Waals surface area contributed by atoms with E-state index < -0.39 is 17.8 Å². The third-order valence-electron chi connectivity index (χ3n) is 1.95. The van der Waals surface area contributed by atoms with Crippen LogP contribution in [-0.2, 0) is 12.8 Å². The van der Waals surface area contributed by atoms with Crippen LogP contribution in [-0.4, -0.2) is 9.97 Å². The number of thiophene rings is 1. The van der Waals surface area contributed by atoms with Gasteiger partial charge in [0.05, 0.1) is 0 Å². The summed E-state index contributed by atoms with van der Waals surface area (Å²) in [5.41, 5.74) is 4.09. The van der Waals surface area contributed by atoms with Crippen molar-refractivity contribution < 1.29 is 17.9 Å². The maximum Gasteiger partial charge on any atom is 0.433 e. The van der Waals surface area contributed by atoms with Crippen molar-refractivity contribution in [1.82, 2.24) is 9.97 Å². The normalized spacial score (nSPS) is 11.5. The fourth-order valence-electron chi connectivity index (χ4n) is 1.20. The van der Waals surface area contributed by atoms with Gasteiger partial charge in [-0.25, -0.2) is 4.98 Å². The van der Waals surface area contributed by atoms with Crippen molar-refractivity contribution in [2.45, 2.75) is 12.8 Å². The van der Waals surface area contributed by atoms with Gasteiger partial charge in [-0.1, -0.05) is 6.07 Å². The highest BCUT2D eigenvalue weighted by molar-refractivity contribution is 7.09. The van der Waals surface area contributed by atoms with Crippen LogP contribution in [0, 0.1) is 0 Å². The highest BCUT2D eigenvalue weighted by Crippen LogP contribution is 2.30. The number of hydrogen-bond acceptors (Lipinski definition) is 5. The number of aromatic nitrogens is 2. The summed E-state index contributed by atoms with van der Waals surface area (Å²) in [6.07, 6.45) is -4.57. The van der Waals surface area contributed by atoms with Crippen molar-refractivity contribution in [3.63, 3.8) is 0 Å². The molecule has 2 rings (SSSR count). The van der Waals surface area contributed by atoms with E-state index in [1.54, 1.807) is 6.07 Å². The zero-order chi connectivity index (χ0) is 13.2. The first-order valence-electron chi connectivity index (χ1n) is 4.82. The number of nitrogen functional groups attached to an aromatic ring is 1. The van der Waals surface area contributed by atoms with Crippen molar-refractivity contribution >= 4 is 17.3 Å². The van der Waals surface area contributed by atoms with Crippen molar-refractivity contribution in [1.29, 1.82) is 0 Å². The molecule has 0 radical (unpaired) electrons. The quantitative estimate of drug-likeness (QED) is 0.935. The van der Waals surface area contributed by atoms with Gasteiger partial charge in [0.1, 0.15) is 6.61 Å². The first-order chi connectivity index (χ1) is 8.45. The van der Waals surface area contributed by atoms with Crippen LogP contribution < -0.4 is 10.5 Å². The summed E-state index contributed by atoms with van der Waals surface area (Å²) in [5.74, 6) is -0.658. The Hall–Kier alpha value is -1.83. The molecule has 0 aliphatic rings. The Morgan fingerprint density at radius 2 is 2.11 bits per heavy atom. The predicted octanol–water partition coefficient (Wildman–Crippen LogP) is 2.72. The molecule has 0 aliphatic carbocycles. The second kappa shape index (κ2) is 4.81. The number of halogens is 3. The number of ether oxygens (including phenoxy) is 1. The lowest BCUT2D eigenvalue weighted by Gasteiger charge is -2.09. The predicted molar refractivity (Wildman–Crippen MR) is 60.1 cm³/mol. The lowest BCUT2D eigenvalue weighted by Crippen LogP contribution is -2.11. The molecule has 0 bridgehead atoms. The first kappa shape index (κ1) is 12.6. The minimum atomic E-state index is -4.57. The van der Waals surface area contributed by atoms with Crippen LogP contribution in [0.2, 0.25) is 0 Å². The number of rotatable bonds is 3. The molecule has 0 unspecified atom stereocenters. The maximum absolute atomic E-state index is 12.5. The molecule has 2 heterocycles. The Labute approximate surface area is 104 Å². The average molecular weight is 275 g/mol. The highest BCUT2D eigenvalue weighted by Gasteiger charge is 2.33. The molecule has 96 valence electrons. The fraction of sp³-hybridized carbons (Fsp3) is 0.200. The van der Waals surface area contributed by atoms with E-state index in [-0.39, 0.29) is 12.5 Å². The lowest BCUT2D eigenvalue weighted by molar-refractivity contribution is -0.141. The smallest absolute Gasteiger partial charge is 0.433 e. The fourth-order valence-corrected chi connectivity index (χ4v) is 1.82. The Bertz CT molecular complexity index is 528. The molecule has 0 saturated carbocycles. The van der Waals surface area contributed by atoms with Gasteiger partial charge in [0.15, 0.2) is 5.69 Å². The van der Waals surface area contributed by atoms with Gasteiger partial charge in [-0.05, 0) is 11.4 Å². The maximum atomic E-state index is 12.5. The second-order valence-corrected chi connectivity index (χ2v) is 4.35. The molecule has 0 amide bonds. The molecule has 0 saturated heterocycles. The third kappa shape index (κ3) is 3.10. The van der Waals surface area contributed by atoms with Crippen LogP contribution in [0.15, 0.2) is 23.6 Å². The molecule has 2 aromatic heterocycles. The van der Waals surface area contributed by atoms with Crippen molar-refractivity contribution in [3.8, 4) is 5.88 Å². The van der Waals surface area contributed by atoms with E-state index in [0.717, 1.165) is 10.9 Å². The summed E-state index contributed by atoms with van der Waals surface area (Å²) in [6, 6.07) is 4.35. The van der Waals surface area contributed by atoms with Gasteiger partial charge < -0.3 is 10.5 Å². The molecule has 2 N–H and O–H groups in total. The number of anilines is 1. The molecule has 0 aromatic carbocycles. The molecule has 18 heavy (non-hydrogen) atoms. The molecule has 0 aliphatic heterocycles. The van der Waals surface area contributed by atoms with E-state index in [9.17, 15) is 13.2 Å². The minimum absolute atomic E-state index is 0.144. The van der Waals surface area contributed by atoms with Gasteiger partial charge in [-0.2, -0.15) is 18.2 Å². The zero-order valence-electron chi connectivity index (χ0n) is 8.94. The van der Waals surface area contributed by atoms with Crippen LogP contribution in [0.25, 0.3) is 0 Å². The van der Waals surface area contributed by atoms with Crippen molar-refractivity contribution in [3.05, 3.63) is 34.2 Å². The van der Waals surface area contributed by atoms with Crippen LogP contribution in [0.5, 0.6) is 5.88 Å². The molecule has 8 heteroatoms. The van der Waals surface area contributed by atoms with Crippen LogP contribution in [0.3, 0.4) is 0 Å². The molecular formula is C10H8F3N3OS. The highest BCUT2D eigenvalue weighted by atomic mass is 32.1. The molecule has 0 atom stereocenters. The zero-order valence-corrected chi connectivity index (χ0v) is 9.76. The molecule has 0 spiro atoms. The Balaban J connectivity index is 2.15. The van der Waals surface area contributed by atoms with Gasteiger partial charge in [0, 0.05) is 10.9 Å². The van der Waals surface area contributed by atoms with Crippen molar-refractivity contribution in [2.75, 3.05) is 5.73 Å². The summed E-state index contributed by atoms with van der Waals surface area (Å²) in [4.78, 5) is 7.59. The Morgan fingerprint density at radius 3 is 2.72 bits per heavy atom. The third-order valence-corrected chi connectivity index (χ3v) is 2.80. The summed E-state index contributed by atoms with van der Waals surface area (Å²) >= 11 is 1.43. The van der Waals surface area contributed by atoms with Crippen molar-refractivity contribution in [2.24, 2.45) is 0 Å². The lowest BCUT2D eigenvalue weighted by atomic mass is 10.4. The number of nitrogens with two attached hydrogens (primary N) is 1. The SMILES string of the molecule is Nc1nc(OCc2cccs2)cc(C(F)(F)F)n1. The van der Waals surface area contributed by atoms with E-state index in [1.165, 1.54) is 11.3 Å². The topological polar surface area (TPSA) is 61.0 Å². The molecule has 0 fully saturated rings. The van der Waals surface area contributed by atoms with Gasteiger partial charge >= 0.3 is 6.18 Å². The van der Waals surface area contributed by atoms with Crippen LogP contribution in [0.4, 0.5) is 19.1 Å². The number of nitrogens with zero attached hydrogens (tertiary/aromatic N) is 2. The second-order valence-electron chi connectivity index (χ2n) is 3.32. The summed E-state index contributed by atoms with van der Waals surface area (Å²) in [6.45, 7) is 0.144. The monoisotopic (exact) mass is 275 g/mol. The summed E-state index contributed by atoms with van der Waals surface area (Å²) < 4.78 is 42.5. The van der Waals surface area contributed by atoms with E-state index >= 15 is 0 Å².